The number of carbonyl (C=O) groups is 2. The maximum atomic E-state index is 13.9. The van der Waals surface area contributed by atoms with Crippen molar-refractivity contribution < 1.29 is 24.4 Å². The molecule has 8 heteroatoms. The van der Waals surface area contributed by atoms with Gasteiger partial charge in [-0.1, -0.05) is 30.0 Å². The summed E-state index contributed by atoms with van der Waals surface area (Å²) in [5.41, 5.74) is 2.59. The molecule has 3 aromatic heterocycles. The Hall–Kier alpha value is -4.46. The van der Waals surface area contributed by atoms with Crippen LogP contribution in [0.15, 0.2) is 78.8 Å². The van der Waals surface area contributed by atoms with Crippen LogP contribution in [0.1, 0.15) is 28.6 Å². The molecule has 5 rings (SSSR count). The van der Waals surface area contributed by atoms with Gasteiger partial charge in [0.1, 0.15) is 11.4 Å². The number of methoxy groups -OCH3 is 1. The molecule has 1 fully saturated rings. The van der Waals surface area contributed by atoms with Gasteiger partial charge in [0.05, 0.1) is 31.1 Å². The molecule has 0 spiro atoms. The van der Waals surface area contributed by atoms with Gasteiger partial charge in [-0.15, -0.1) is 0 Å². The van der Waals surface area contributed by atoms with Crippen LogP contribution in [0.2, 0.25) is 0 Å². The molecule has 8 nitrogen and oxygen atoms in total. The molecular weight excluding hydrogens is 432 g/mol. The van der Waals surface area contributed by atoms with E-state index in [4.69, 9.17) is 4.74 Å². The summed E-state index contributed by atoms with van der Waals surface area (Å²) in [7, 11) is 1.52. The van der Waals surface area contributed by atoms with Gasteiger partial charge in [-0.25, -0.2) is 9.97 Å². The highest BCUT2D eigenvalue weighted by molar-refractivity contribution is 6.46. The molecule has 1 N–H and O–H groups in total. The van der Waals surface area contributed by atoms with Gasteiger partial charge < -0.3 is 19.1 Å². The number of pyridine rings is 2. The van der Waals surface area contributed by atoms with Gasteiger partial charge in [0, 0.05) is 29.0 Å². The standard InChI is InChI=1S/C26H22N4O4/c1-16-22(29-13-6-5-11-20(29)28-16)24(31)21-23(18-9-3-4-10-19(18)34-2)30(26(33)25(21)32)15-17-8-7-12-27-14-17/h3-14,23,31H,15H2,1-2H3. The van der Waals surface area contributed by atoms with Gasteiger partial charge in [-0.3, -0.25) is 9.59 Å². The Morgan fingerprint density at radius 2 is 1.91 bits per heavy atom. The number of amides is 1. The second-order valence-corrected chi connectivity index (χ2v) is 8.04. The van der Waals surface area contributed by atoms with Crippen LogP contribution >= 0.6 is 0 Å². The molecule has 170 valence electrons. The van der Waals surface area contributed by atoms with Gasteiger partial charge in [0.2, 0.25) is 5.78 Å². The van der Waals surface area contributed by atoms with E-state index in [0.29, 0.717) is 22.7 Å². The lowest BCUT2D eigenvalue weighted by Crippen LogP contribution is -2.29. The minimum Gasteiger partial charge on any atom is -0.871 e. The lowest BCUT2D eigenvalue weighted by molar-refractivity contribution is -0.378. The number of para-hydroxylation sites is 1. The first-order valence-corrected chi connectivity index (χ1v) is 10.8. The highest BCUT2D eigenvalue weighted by Crippen LogP contribution is 2.43. The Morgan fingerprint density at radius 1 is 1.12 bits per heavy atom. The van der Waals surface area contributed by atoms with Crippen LogP contribution in [0.3, 0.4) is 0 Å². The average molecular weight is 454 g/mol. The second kappa shape index (κ2) is 8.47. The van der Waals surface area contributed by atoms with Crippen molar-refractivity contribution in [3.05, 3.63) is 101 Å². The van der Waals surface area contributed by atoms with Gasteiger partial charge in [0.25, 0.3) is 5.91 Å². The Balaban J connectivity index is 1.75. The fraction of sp³-hybridized carbons (Fsp3) is 0.154. The number of hydrogen-bond acceptors (Lipinski definition) is 5. The van der Waals surface area contributed by atoms with E-state index in [0.717, 1.165) is 5.56 Å². The molecule has 1 aliphatic rings. The number of Topliss-reactive ketones (excluding diaryl/α,β-unsaturated/α-hetero) is 1. The number of nitrogens with one attached hydrogen (secondary N) is 1. The number of aryl methyl sites for hydroxylation is 1. The maximum Gasteiger partial charge on any atom is 0.295 e. The van der Waals surface area contributed by atoms with E-state index in [2.05, 4.69) is 9.97 Å². The molecule has 0 bridgehead atoms. The minimum absolute atomic E-state index is 0.108. The maximum absolute atomic E-state index is 13.9. The zero-order chi connectivity index (χ0) is 23.8. The smallest absolute Gasteiger partial charge is 0.295 e. The Morgan fingerprint density at radius 3 is 2.68 bits per heavy atom. The number of ketones is 1. The highest BCUT2D eigenvalue weighted by Gasteiger charge is 2.45. The monoisotopic (exact) mass is 454 g/mol. The molecular formula is C26H22N4O4. The van der Waals surface area contributed by atoms with E-state index in [1.807, 2.05) is 18.2 Å². The molecule has 1 unspecified atom stereocenters. The molecule has 1 saturated heterocycles. The molecule has 1 atom stereocenters. The van der Waals surface area contributed by atoms with E-state index >= 15 is 0 Å². The van der Waals surface area contributed by atoms with Crippen molar-refractivity contribution in [1.82, 2.24) is 14.3 Å². The largest absolute Gasteiger partial charge is 0.871 e. The third-order valence-electron chi connectivity index (χ3n) is 6.01. The number of fused-ring (bicyclic) bond motifs is 1. The number of rotatable bonds is 5. The lowest BCUT2D eigenvalue weighted by atomic mass is 9.95. The number of aromatic nitrogens is 3. The van der Waals surface area contributed by atoms with Crippen LogP contribution in [0.25, 0.3) is 11.4 Å². The summed E-state index contributed by atoms with van der Waals surface area (Å²) >= 11 is 0. The first kappa shape index (κ1) is 21.4. The predicted octanol–water partition coefficient (Wildman–Crippen LogP) is 1.89. The number of likely N-dealkylation sites (tertiary alicyclic amines) is 1. The van der Waals surface area contributed by atoms with E-state index in [9.17, 15) is 14.7 Å². The molecule has 0 radical (unpaired) electrons. The normalized spacial score (nSPS) is 17.5. The molecule has 1 aromatic carbocycles. The zero-order valence-corrected chi connectivity index (χ0v) is 18.7. The Bertz CT molecular complexity index is 1440. The summed E-state index contributed by atoms with van der Waals surface area (Å²) in [6.45, 7) is 1.87. The molecule has 0 aliphatic carbocycles. The molecule has 1 amide bonds. The second-order valence-electron chi connectivity index (χ2n) is 8.04. The zero-order valence-electron chi connectivity index (χ0n) is 18.7. The molecule has 0 saturated carbocycles. The quantitative estimate of drug-likeness (QED) is 0.260. The molecule has 4 aromatic rings. The number of ether oxygens (including phenoxy) is 1. The van der Waals surface area contributed by atoms with E-state index < -0.39 is 23.5 Å². The van der Waals surface area contributed by atoms with E-state index in [1.165, 1.54) is 12.0 Å². The summed E-state index contributed by atoms with van der Waals surface area (Å²) in [4.78, 5) is 35.5. The van der Waals surface area contributed by atoms with Crippen LogP contribution in [-0.2, 0) is 16.1 Å². The van der Waals surface area contributed by atoms with Crippen LogP contribution in [0.4, 0.5) is 0 Å². The number of imidazole rings is 1. The fourth-order valence-electron chi connectivity index (χ4n) is 4.49. The predicted molar refractivity (Wildman–Crippen MR) is 121 cm³/mol. The first-order chi connectivity index (χ1) is 16.5. The number of carbonyl (C=O) groups excluding carboxylic acids is 2. The number of benzene rings is 1. The van der Waals surface area contributed by atoms with E-state index in [1.54, 1.807) is 66.3 Å². The van der Waals surface area contributed by atoms with Crippen molar-refractivity contribution >= 4 is 23.1 Å². The average Bonchev–Trinajstić information content (AvgIpc) is 3.32. The SMILES string of the molecule is COc1ccccc1C1C(=C([O-])c2c(C)nc3ccccn23)C(=O)C(=O)N1Cc1ccc[nH+]c1. The summed E-state index contributed by atoms with van der Waals surface area (Å²) in [5, 5.41) is 13.9. The number of nitrogens with zero attached hydrogens (tertiary/aromatic N) is 3. The number of hydrogen-bond donors (Lipinski definition) is 0. The van der Waals surface area contributed by atoms with Crippen molar-refractivity contribution in [3.8, 4) is 5.75 Å². The third-order valence-corrected chi connectivity index (χ3v) is 6.01. The van der Waals surface area contributed by atoms with Crippen molar-refractivity contribution in [1.29, 1.82) is 0 Å². The summed E-state index contributed by atoms with van der Waals surface area (Å²) in [5.74, 6) is -1.58. The van der Waals surface area contributed by atoms with Crippen molar-refractivity contribution in [2.24, 2.45) is 0 Å². The molecule has 4 heterocycles. The van der Waals surface area contributed by atoms with Crippen LogP contribution < -0.4 is 14.8 Å². The van der Waals surface area contributed by atoms with Crippen molar-refractivity contribution in [2.45, 2.75) is 19.5 Å². The minimum atomic E-state index is -0.905. The number of H-pyrrole nitrogens is 1. The topological polar surface area (TPSA) is 101 Å². The lowest BCUT2D eigenvalue weighted by Gasteiger charge is -2.28. The van der Waals surface area contributed by atoms with Gasteiger partial charge >= 0.3 is 0 Å². The van der Waals surface area contributed by atoms with Crippen LogP contribution in [-0.4, -0.2) is 33.1 Å². The van der Waals surface area contributed by atoms with Crippen LogP contribution in [0, 0.1) is 6.92 Å². The van der Waals surface area contributed by atoms with Gasteiger partial charge in [-0.05, 0) is 31.2 Å². The van der Waals surface area contributed by atoms with Gasteiger partial charge in [0.15, 0.2) is 12.4 Å². The summed E-state index contributed by atoms with van der Waals surface area (Å²) < 4.78 is 7.19. The van der Waals surface area contributed by atoms with Gasteiger partial charge in [-0.2, -0.15) is 0 Å². The van der Waals surface area contributed by atoms with Crippen LogP contribution in [0.5, 0.6) is 5.75 Å². The molecule has 1 aliphatic heterocycles. The first-order valence-electron chi connectivity index (χ1n) is 10.8. The fourth-order valence-corrected chi connectivity index (χ4v) is 4.49. The highest BCUT2D eigenvalue weighted by atomic mass is 16.5. The van der Waals surface area contributed by atoms with Crippen molar-refractivity contribution in [2.75, 3.05) is 7.11 Å². The Labute approximate surface area is 195 Å². The third kappa shape index (κ3) is 3.40. The Kier molecular flexibility index (Phi) is 5.33. The summed E-state index contributed by atoms with van der Waals surface area (Å²) in [6, 6.07) is 15.3. The van der Waals surface area contributed by atoms with E-state index in [-0.39, 0.29) is 17.8 Å². The number of aromatic amines is 1. The van der Waals surface area contributed by atoms with Crippen molar-refractivity contribution in [3.63, 3.8) is 0 Å². The summed E-state index contributed by atoms with van der Waals surface area (Å²) in [6.07, 6.45) is 5.23. The molecule has 34 heavy (non-hydrogen) atoms.